The molecule has 0 fully saturated rings. The molecule has 0 bridgehead atoms. The van der Waals surface area contributed by atoms with E-state index in [1.807, 2.05) is 45.3 Å². The molecule has 0 aliphatic rings. The number of hydrogen-bond donors (Lipinski definition) is 0. The van der Waals surface area contributed by atoms with Crippen LogP contribution in [0.4, 0.5) is 0 Å². The number of aromatic nitrogens is 2. The summed E-state index contributed by atoms with van der Waals surface area (Å²) in [6.45, 7) is 18.4. The Morgan fingerprint density at radius 3 is 1.62 bits per heavy atom. The van der Waals surface area contributed by atoms with E-state index in [1.54, 1.807) is 22.7 Å². The number of fused-ring (bicyclic) bond motifs is 1. The van der Waals surface area contributed by atoms with Crippen molar-refractivity contribution in [3.63, 3.8) is 0 Å². The van der Waals surface area contributed by atoms with Crippen LogP contribution < -0.4 is 0 Å². The van der Waals surface area contributed by atoms with Gasteiger partial charge in [0, 0.05) is 40.9 Å². The Balaban J connectivity index is 1.43. The summed E-state index contributed by atoms with van der Waals surface area (Å²) in [6, 6.07) is 14.5. The van der Waals surface area contributed by atoms with Gasteiger partial charge in [-0.2, -0.15) is 0 Å². The number of hydrogen-bond acceptors (Lipinski definition) is 8. The summed E-state index contributed by atoms with van der Waals surface area (Å²) in [7, 11) is 0. The molecule has 48 heavy (non-hydrogen) atoms. The van der Waals surface area contributed by atoms with E-state index in [-0.39, 0.29) is 10.8 Å². The molecule has 0 amide bonds. The summed E-state index contributed by atoms with van der Waals surface area (Å²) in [4.78, 5) is 23.6. The van der Waals surface area contributed by atoms with Crippen LogP contribution in [0.1, 0.15) is 126 Å². The molecule has 0 radical (unpaired) electrons. The fourth-order valence-corrected chi connectivity index (χ4v) is 12.8. The quantitative estimate of drug-likeness (QED) is 0.104. The van der Waals surface area contributed by atoms with Gasteiger partial charge < -0.3 is 0 Å². The highest BCUT2D eigenvalue weighted by Gasteiger charge is 2.27. The van der Waals surface area contributed by atoms with Gasteiger partial charge in [-0.25, -0.2) is 9.97 Å². The SMILES string of the molecule is CCCCCCc1ccc(-c2cc(-c3nc4sc(C(C)(C)C)nc4s3)sc2-c2sc(C(C)(C)C)cc2-c2ccc(CCCCCC)s2)s1. The number of thiazole rings is 2. The first-order valence-corrected chi connectivity index (χ1v) is 22.6. The van der Waals surface area contributed by atoms with Gasteiger partial charge in [-0.1, -0.05) is 117 Å². The van der Waals surface area contributed by atoms with Gasteiger partial charge in [-0.3, -0.25) is 0 Å². The molecule has 0 aliphatic carbocycles. The van der Waals surface area contributed by atoms with E-state index >= 15 is 0 Å². The number of nitrogens with zero attached hydrogens (tertiary/aromatic N) is 2. The summed E-state index contributed by atoms with van der Waals surface area (Å²) >= 11 is 11.4. The van der Waals surface area contributed by atoms with Crippen molar-refractivity contribution in [2.24, 2.45) is 0 Å². The van der Waals surface area contributed by atoms with Gasteiger partial charge >= 0.3 is 0 Å². The first kappa shape index (κ1) is 36.1. The lowest BCUT2D eigenvalue weighted by Crippen LogP contribution is -2.09. The van der Waals surface area contributed by atoms with Crippen molar-refractivity contribution < 1.29 is 0 Å². The maximum Gasteiger partial charge on any atom is 0.155 e. The highest BCUT2D eigenvalue weighted by atomic mass is 32.1. The number of aryl methyl sites for hydroxylation is 2. The third-order valence-corrected chi connectivity index (χ3v) is 16.5. The van der Waals surface area contributed by atoms with Crippen molar-refractivity contribution in [1.82, 2.24) is 9.97 Å². The Hall–Kier alpha value is -1.68. The van der Waals surface area contributed by atoms with Crippen molar-refractivity contribution in [1.29, 1.82) is 0 Å². The monoisotopic (exact) mass is 750 g/mol. The van der Waals surface area contributed by atoms with Gasteiger partial charge in [0.2, 0.25) is 0 Å². The highest BCUT2D eigenvalue weighted by molar-refractivity contribution is 7.31. The lowest BCUT2D eigenvalue weighted by Gasteiger charge is -2.15. The average molecular weight is 751 g/mol. The lowest BCUT2D eigenvalue weighted by molar-refractivity contribution is 0.587. The van der Waals surface area contributed by atoms with Crippen LogP contribution in [0.3, 0.4) is 0 Å². The normalized spacial score (nSPS) is 12.6. The Kier molecular flexibility index (Phi) is 11.5. The van der Waals surface area contributed by atoms with Crippen molar-refractivity contribution in [2.45, 2.75) is 130 Å². The second-order valence-corrected chi connectivity index (χ2v) is 21.4. The van der Waals surface area contributed by atoms with E-state index in [0.29, 0.717) is 0 Å². The molecule has 0 atom stereocenters. The molecule has 2 nitrogen and oxygen atoms in total. The molecule has 8 heteroatoms. The third-order valence-electron chi connectivity index (χ3n) is 8.65. The fraction of sp³-hybridized carbons (Fsp3) is 0.500. The van der Waals surface area contributed by atoms with E-state index in [1.165, 1.54) is 119 Å². The smallest absolute Gasteiger partial charge is 0.155 e. The third kappa shape index (κ3) is 8.26. The topological polar surface area (TPSA) is 25.8 Å². The van der Waals surface area contributed by atoms with E-state index < -0.39 is 0 Å². The first-order valence-electron chi connectivity index (χ1n) is 17.7. The zero-order valence-electron chi connectivity index (χ0n) is 29.9. The summed E-state index contributed by atoms with van der Waals surface area (Å²) in [5, 5.41) is 2.26. The minimum atomic E-state index is 0.0411. The van der Waals surface area contributed by atoms with Gasteiger partial charge in [0.05, 0.1) is 14.6 Å². The van der Waals surface area contributed by atoms with E-state index in [2.05, 4.69) is 91.8 Å². The minimum absolute atomic E-state index is 0.0411. The summed E-state index contributed by atoms with van der Waals surface area (Å²) in [6.07, 6.45) is 12.8. The molecule has 0 saturated heterocycles. The Labute approximate surface area is 312 Å². The largest absolute Gasteiger partial charge is 0.228 e. The molecule has 0 unspecified atom stereocenters. The van der Waals surface area contributed by atoms with Crippen LogP contribution >= 0.6 is 68.0 Å². The Morgan fingerprint density at radius 1 is 0.521 bits per heavy atom. The maximum atomic E-state index is 5.19. The highest BCUT2D eigenvalue weighted by Crippen LogP contribution is 2.53. The first-order chi connectivity index (χ1) is 22.9. The van der Waals surface area contributed by atoms with Crippen LogP contribution in [0.25, 0.3) is 50.2 Å². The van der Waals surface area contributed by atoms with Crippen LogP contribution in [0.2, 0.25) is 0 Å². The van der Waals surface area contributed by atoms with E-state index in [9.17, 15) is 0 Å². The van der Waals surface area contributed by atoms with Crippen LogP contribution in [-0.4, -0.2) is 9.97 Å². The maximum absolute atomic E-state index is 5.19. The predicted octanol–water partition coefficient (Wildman–Crippen LogP) is 15.5. The van der Waals surface area contributed by atoms with Gasteiger partial charge in [-0.15, -0.1) is 45.3 Å². The minimum Gasteiger partial charge on any atom is -0.228 e. The van der Waals surface area contributed by atoms with Gasteiger partial charge in [-0.05, 0) is 67.5 Å². The van der Waals surface area contributed by atoms with E-state index in [0.717, 1.165) is 14.7 Å². The Morgan fingerprint density at radius 2 is 1.08 bits per heavy atom. The van der Waals surface area contributed by atoms with Crippen molar-refractivity contribution >= 4 is 77.7 Å². The summed E-state index contributed by atoms with van der Waals surface area (Å²) < 4.78 is 0. The molecule has 0 saturated carbocycles. The molecule has 0 aromatic carbocycles. The standard InChI is InChI=1S/C40H50N2S6/c1-9-11-13-15-17-25-19-21-29(43-25)27-23-31(35-41-36-37(47-35)42-38(48-36)40(6,7)8)45-33(27)34-28(24-32(46-34)39(3,4)5)30-22-20-26(44-30)18-16-14-12-10-2/h19-24H,9-18H2,1-8H3. The number of thiophene rings is 4. The molecule has 6 rings (SSSR count). The molecule has 0 aliphatic heterocycles. The van der Waals surface area contributed by atoms with Crippen molar-refractivity contribution in [3.05, 3.63) is 56.0 Å². The molecule has 256 valence electrons. The second kappa shape index (κ2) is 15.3. The number of rotatable bonds is 14. The van der Waals surface area contributed by atoms with Crippen LogP contribution in [-0.2, 0) is 23.7 Å². The second-order valence-electron chi connectivity index (χ2n) is 15.0. The molecular formula is C40H50N2S6. The van der Waals surface area contributed by atoms with Crippen LogP contribution in [0.5, 0.6) is 0 Å². The van der Waals surface area contributed by atoms with E-state index in [4.69, 9.17) is 9.97 Å². The summed E-state index contributed by atoms with van der Waals surface area (Å²) in [5.74, 6) is 0. The molecule has 0 N–H and O–H groups in total. The molecule has 6 aromatic heterocycles. The average Bonchev–Trinajstić information content (AvgIpc) is 3.86. The van der Waals surface area contributed by atoms with Crippen LogP contribution in [0.15, 0.2) is 36.4 Å². The van der Waals surface area contributed by atoms with Crippen molar-refractivity contribution in [2.75, 3.05) is 0 Å². The molecule has 6 aromatic rings. The Bertz CT molecular complexity index is 1910. The van der Waals surface area contributed by atoms with Gasteiger partial charge in [0.25, 0.3) is 0 Å². The molecule has 6 heterocycles. The van der Waals surface area contributed by atoms with Gasteiger partial charge in [0.15, 0.2) is 9.66 Å². The zero-order valence-corrected chi connectivity index (χ0v) is 34.8. The molecule has 0 spiro atoms. The van der Waals surface area contributed by atoms with Gasteiger partial charge in [0.1, 0.15) is 10.0 Å². The predicted molar refractivity (Wildman–Crippen MR) is 222 cm³/mol. The number of unbranched alkanes of at least 4 members (excludes halogenated alkanes) is 6. The summed E-state index contributed by atoms with van der Waals surface area (Å²) in [5.41, 5.74) is 2.89. The zero-order chi connectivity index (χ0) is 34.1. The van der Waals surface area contributed by atoms with Crippen molar-refractivity contribution in [3.8, 4) is 40.5 Å². The molecular weight excluding hydrogens is 701 g/mol. The lowest BCUT2D eigenvalue weighted by atomic mass is 9.94. The van der Waals surface area contributed by atoms with Crippen LogP contribution in [0, 0.1) is 0 Å². The fourth-order valence-electron chi connectivity index (χ4n) is 5.79.